The monoisotopic (exact) mass is 281 g/mol. The lowest BCUT2D eigenvalue weighted by Gasteiger charge is -2.32. The van der Waals surface area contributed by atoms with Gasteiger partial charge in [-0.2, -0.15) is 0 Å². The van der Waals surface area contributed by atoms with Crippen LogP contribution in [0.3, 0.4) is 0 Å². The molecule has 19 heavy (non-hydrogen) atoms. The zero-order chi connectivity index (χ0) is 14.0. The van der Waals surface area contributed by atoms with Gasteiger partial charge in [0.25, 0.3) is 5.91 Å². The van der Waals surface area contributed by atoms with E-state index < -0.39 is 0 Å². The lowest BCUT2D eigenvalue weighted by atomic mass is 10.1. The third-order valence-corrected chi connectivity index (χ3v) is 3.39. The van der Waals surface area contributed by atoms with Gasteiger partial charge in [0.15, 0.2) is 0 Å². The van der Waals surface area contributed by atoms with E-state index in [0.29, 0.717) is 30.2 Å². The zero-order valence-electron chi connectivity index (χ0n) is 11.0. The number of rotatable bonds is 2. The Bertz CT molecular complexity index is 519. The molecular formula is C13H16ClN3O2. The summed E-state index contributed by atoms with van der Waals surface area (Å²) in [5.41, 5.74) is 1.27. The van der Waals surface area contributed by atoms with Crippen molar-refractivity contribution >= 4 is 23.4 Å². The molecule has 2 rings (SSSR count). The van der Waals surface area contributed by atoms with Crippen LogP contribution >= 0.6 is 11.6 Å². The molecule has 0 radical (unpaired) electrons. The van der Waals surface area contributed by atoms with E-state index >= 15 is 0 Å². The number of likely N-dealkylation sites (N-methyl/N-ethyl adjacent to an activating group) is 1. The maximum absolute atomic E-state index is 12.3. The van der Waals surface area contributed by atoms with E-state index in [2.05, 4.69) is 4.98 Å². The summed E-state index contributed by atoms with van der Waals surface area (Å²) in [7, 11) is 1.74. The van der Waals surface area contributed by atoms with Crippen LogP contribution in [0.1, 0.15) is 23.0 Å². The average molecular weight is 282 g/mol. The molecule has 1 aliphatic rings. The molecule has 0 saturated carbocycles. The lowest BCUT2D eigenvalue weighted by molar-refractivity contribution is -0.133. The predicted octanol–water partition coefficient (Wildman–Crippen LogP) is 1.21. The smallest absolute Gasteiger partial charge is 0.254 e. The van der Waals surface area contributed by atoms with Gasteiger partial charge in [0.2, 0.25) is 5.91 Å². The lowest BCUT2D eigenvalue weighted by Crippen LogP contribution is -2.50. The second kappa shape index (κ2) is 5.57. The highest BCUT2D eigenvalue weighted by Crippen LogP contribution is 2.15. The maximum Gasteiger partial charge on any atom is 0.254 e. The van der Waals surface area contributed by atoms with E-state index in [1.165, 1.54) is 0 Å². The third-order valence-electron chi connectivity index (χ3n) is 3.20. The fourth-order valence-electron chi connectivity index (χ4n) is 1.97. The van der Waals surface area contributed by atoms with E-state index in [-0.39, 0.29) is 18.4 Å². The van der Waals surface area contributed by atoms with E-state index in [4.69, 9.17) is 11.6 Å². The van der Waals surface area contributed by atoms with E-state index in [1.54, 1.807) is 29.0 Å². The second-order valence-electron chi connectivity index (χ2n) is 4.57. The van der Waals surface area contributed by atoms with E-state index in [0.717, 1.165) is 5.69 Å². The van der Waals surface area contributed by atoms with Crippen LogP contribution in [0.4, 0.5) is 0 Å². The number of aryl methyl sites for hydroxylation is 1. The summed E-state index contributed by atoms with van der Waals surface area (Å²) in [5, 5.41) is 0.308. The maximum atomic E-state index is 12.3. The number of piperazine rings is 1. The quantitative estimate of drug-likeness (QED) is 0.766. The van der Waals surface area contributed by atoms with Crippen LogP contribution in [0.15, 0.2) is 12.1 Å². The van der Waals surface area contributed by atoms with Crippen LogP contribution in [0.2, 0.25) is 5.15 Å². The van der Waals surface area contributed by atoms with Crippen LogP contribution in [0, 0.1) is 0 Å². The van der Waals surface area contributed by atoms with Crippen LogP contribution in [-0.2, 0) is 11.2 Å². The van der Waals surface area contributed by atoms with Gasteiger partial charge in [0, 0.05) is 31.4 Å². The van der Waals surface area contributed by atoms with Crippen LogP contribution < -0.4 is 0 Å². The molecule has 1 saturated heterocycles. The minimum absolute atomic E-state index is 0.0459. The van der Waals surface area contributed by atoms with Crippen molar-refractivity contribution in [3.05, 3.63) is 28.5 Å². The molecule has 1 aromatic rings. The molecule has 0 aromatic carbocycles. The van der Waals surface area contributed by atoms with Crippen LogP contribution in [0.25, 0.3) is 0 Å². The molecule has 1 fully saturated rings. The molecule has 5 nitrogen and oxygen atoms in total. The van der Waals surface area contributed by atoms with E-state index in [9.17, 15) is 9.59 Å². The van der Waals surface area contributed by atoms with Crippen molar-refractivity contribution in [1.82, 2.24) is 14.8 Å². The first-order valence-corrected chi connectivity index (χ1v) is 6.58. The molecule has 0 unspecified atom stereocenters. The average Bonchev–Trinajstić information content (AvgIpc) is 2.40. The summed E-state index contributed by atoms with van der Waals surface area (Å²) in [5.74, 6) is -0.212. The second-order valence-corrected chi connectivity index (χ2v) is 4.95. The summed E-state index contributed by atoms with van der Waals surface area (Å²) < 4.78 is 0. The van der Waals surface area contributed by atoms with Gasteiger partial charge in [-0.25, -0.2) is 4.98 Å². The van der Waals surface area contributed by atoms with Gasteiger partial charge in [-0.15, -0.1) is 0 Å². The van der Waals surface area contributed by atoms with Gasteiger partial charge >= 0.3 is 0 Å². The SMILES string of the molecule is CCc1cc(C(=O)N2CCN(C)C(=O)C2)cc(Cl)n1. The highest BCUT2D eigenvalue weighted by molar-refractivity contribution is 6.29. The first kappa shape index (κ1) is 13.8. The molecule has 6 heteroatoms. The summed E-state index contributed by atoms with van der Waals surface area (Å²) in [6.45, 7) is 3.18. The third kappa shape index (κ3) is 3.04. The number of hydrogen-bond acceptors (Lipinski definition) is 3. The first-order valence-electron chi connectivity index (χ1n) is 6.21. The molecule has 2 heterocycles. The standard InChI is InChI=1S/C13H16ClN3O2/c1-3-10-6-9(7-11(14)15-10)13(19)17-5-4-16(2)12(18)8-17/h6-7H,3-5,8H2,1-2H3. The zero-order valence-corrected chi connectivity index (χ0v) is 11.8. The number of amides is 2. The number of pyridine rings is 1. The van der Waals surface area contributed by atoms with Crippen molar-refractivity contribution < 1.29 is 9.59 Å². The number of hydrogen-bond donors (Lipinski definition) is 0. The Balaban J connectivity index is 2.20. The number of halogens is 1. The highest BCUT2D eigenvalue weighted by atomic mass is 35.5. The van der Waals surface area contributed by atoms with E-state index in [1.807, 2.05) is 6.92 Å². The molecule has 0 atom stereocenters. The van der Waals surface area contributed by atoms with Gasteiger partial charge in [0.1, 0.15) is 11.7 Å². The number of carbonyl (C=O) groups is 2. The normalized spacial score (nSPS) is 15.8. The van der Waals surface area contributed by atoms with Crippen LogP contribution in [0.5, 0.6) is 0 Å². The first-order chi connectivity index (χ1) is 9.01. The summed E-state index contributed by atoms with van der Waals surface area (Å²) in [6, 6.07) is 3.28. The van der Waals surface area contributed by atoms with Crippen molar-refractivity contribution in [1.29, 1.82) is 0 Å². The molecular weight excluding hydrogens is 266 g/mol. The van der Waals surface area contributed by atoms with Gasteiger partial charge in [-0.05, 0) is 18.6 Å². The number of aromatic nitrogens is 1. The molecule has 0 N–H and O–H groups in total. The number of nitrogens with zero attached hydrogens (tertiary/aromatic N) is 3. The number of carbonyl (C=O) groups excluding carboxylic acids is 2. The molecule has 0 aliphatic carbocycles. The Morgan fingerprint density at radius 2 is 2.16 bits per heavy atom. The largest absolute Gasteiger partial charge is 0.342 e. The Kier molecular flexibility index (Phi) is 4.04. The Hall–Kier alpha value is -1.62. The topological polar surface area (TPSA) is 53.5 Å². The Labute approximate surface area is 117 Å². The van der Waals surface area contributed by atoms with Gasteiger partial charge in [-0.3, -0.25) is 9.59 Å². The van der Waals surface area contributed by atoms with Gasteiger partial charge in [-0.1, -0.05) is 18.5 Å². The van der Waals surface area contributed by atoms with Gasteiger partial charge < -0.3 is 9.80 Å². The summed E-state index contributed by atoms with van der Waals surface area (Å²) in [4.78, 5) is 31.3. The molecule has 1 aliphatic heterocycles. The Morgan fingerprint density at radius 3 is 2.79 bits per heavy atom. The van der Waals surface area contributed by atoms with Crippen molar-refractivity contribution in [2.75, 3.05) is 26.7 Å². The molecule has 2 amide bonds. The fourth-order valence-corrected chi connectivity index (χ4v) is 2.20. The fraction of sp³-hybridized carbons (Fsp3) is 0.462. The predicted molar refractivity (Wildman–Crippen MR) is 72.2 cm³/mol. The van der Waals surface area contributed by atoms with Crippen molar-refractivity contribution in [3.8, 4) is 0 Å². The van der Waals surface area contributed by atoms with Gasteiger partial charge in [0.05, 0.1) is 0 Å². The van der Waals surface area contributed by atoms with Crippen molar-refractivity contribution in [3.63, 3.8) is 0 Å². The summed E-state index contributed by atoms with van der Waals surface area (Å²) >= 11 is 5.91. The molecule has 0 bridgehead atoms. The summed E-state index contributed by atoms with van der Waals surface area (Å²) in [6.07, 6.45) is 0.711. The molecule has 1 aromatic heterocycles. The van der Waals surface area contributed by atoms with Crippen molar-refractivity contribution in [2.24, 2.45) is 0 Å². The minimum atomic E-state index is -0.166. The Morgan fingerprint density at radius 1 is 1.42 bits per heavy atom. The van der Waals surface area contributed by atoms with Crippen LogP contribution in [-0.4, -0.2) is 53.3 Å². The minimum Gasteiger partial charge on any atom is -0.342 e. The molecule has 0 spiro atoms. The highest BCUT2D eigenvalue weighted by Gasteiger charge is 2.25. The van der Waals surface area contributed by atoms with Crippen molar-refractivity contribution in [2.45, 2.75) is 13.3 Å². The molecule has 102 valence electrons.